The lowest BCUT2D eigenvalue weighted by atomic mass is 10.0. The smallest absolute Gasteiger partial charge is 0.262 e. The Balaban J connectivity index is 1.40. The Morgan fingerprint density at radius 3 is 2.61 bits per heavy atom. The average molecular weight is 582 g/mol. The Morgan fingerprint density at radius 1 is 1.18 bits per heavy atom. The minimum absolute atomic E-state index is 0.0104. The van der Waals surface area contributed by atoms with Crippen LogP contribution in [0, 0.1) is 17.7 Å². The number of amides is 2. The zero-order valence-corrected chi connectivity index (χ0v) is 23.2. The first-order chi connectivity index (χ1) is 18.0. The van der Waals surface area contributed by atoms with Crippen LogP contribution in [0.3, 0.4) is 0 Å². The summed E-state index contributed by atoms with van der Waals surface area (Å²) in [5.74, 6) is -1.88. The Bertz CT molecular complexity index is 1410. The molecule has 38 heavy (non-hydrogen) atoms. The maximum atomic E-state index is 13.4. The third-order valence-electron chi connectivity index (χ3n) is 6.40. The molecule has 1 aromatic heterocycles. The highest BCUT2D eigenvalue weighted by Crippen LogP contribution is 2.30. The number of hydrogen-bond acceptors (Lipinski definition) is 6. The second-order valence-electron chi connectivity index (χ2n) is 9.77. The third-order valence-corrected chi connectivity index (χ3v) is 9.83. The minimum atomic E-state index is -4.07. The number of carbonyl (C=O) groups is 2. The first-order valence-corrected chi connectivity index (χ1v) is 14.8. The van der Waals surface area contributed by atoms with Crippen LogP contribution < -0.4 is 10.6 Å². The molecule has 3 aromatic rings. The van der Waals surface area contributed by atoms with E-state index < -0.39 is 39.8 Å². The highest BCUT2D eigenvalue weighted by molar-refractivity contribution is 7.89. The van der Waals surface area contributed by atoms with Gasteiger partial charge in [0.1, 0.15) is 16.8 Å². The van der Waals surface area contributed by atoms with E-state index in [4.69, 9.17) is 11.6 Å². The molecule has 0 unspecified atom stereocenters. The van der Waals surface area contributed by atoms with Gasteiger partial charge < -0.3 is 15.7 Å². The van der Waals surface area contributed by atoms with Crippen LogP contribution in [0.1, 0.15) is 29.9 Å². The number of halogens is 2. The van der Waals surface area contributed by atoms with Gasteiger partial charge in [-0.3, -0.25) is 9.59 Å². The van der Waals surface area contributed by atoms with Crippen LogP contribution in [0.2, 0.25) is 5.02 Å². The molecule has 2 amide bonds. The van der Waals surface area contributed by atoms with Crippen molar-refractivity contribution in [3.63, 3.8) is 0 Å². The maximum absolute atomic E-state index is 13.4. The van der Waals surface area contributed by atoms with Crippen molar-refractivity contribution in [2.75, 3.05) is 19.6 Å². The van der Waals surface area contributed by atoms with Crippen LogP contribution in [0.5, 0.6) is 0 Å². The van der Waals surface area contributed by atoms with Gasteiger partial charge in [0.15, 0.2) is 0 Å². The number of benzene rings is 2. The molecule has 2 heterocycles. The summed E-state index contributed by atoms with van der Waals surface area (Å²) >= 11 is 7.30. The fraction of sp³-hybridized carbons (Fsp3) is 0.385. The summed E-state index contributed by atoms with van der Waals surface area (Å²) in [5.41, 5.74) is 0. The maximum Gasteiger partial charge on any atom is 0.262 e. The van der Waals surface area contributed by atoms with E-state index in [1.165, 1.54) is 11.3 Å². The van der Waals surface area contributed by atoms with Gasteiger partial charge in [-0.25, -0.2) is 12.8 Å². The molecule has 12 heteroatoms. The quantitative estimate of drug-likeness (QED) is 0.357. The van der Waals surface area contributed by atoms with Crippen molar-refractivity contribution in [2.24, 2.45) is 11.8 Å². The van der Waals surface area contributed by atoms with E-state index in [-0.39, 0.29) is 41.4 Å². The van der Waals surface area contributed by atoms with E-state index in [1.54, 1.807) is 6.07 Å². The molecule has 1 aliphatic heterocycles. The lowest BCUT2D eigenvalue weighted by Crippen LogP contribution is -2.49. The van der Waals surface area contributed by atoms with E-state index in [2.05, 4.69) is 10.6 Å². The molecule has 0 saturated carbocycles. The summed E-state index contributed by atoms with van der Waals surface area (Å²) in [5, 5.41) is 16.8. The normalized spacial score (nSPS) is 19.1. The molecule has 1 aliphatic rings. The summed E-state index contributed by atoms with van der Waals surface area (Å²) in [6.07, 6.45) is -0.625. The van der Waals surface area contributed by atoms with Crippen molar-refractivity contribution < 1.29 is 27.5 Å². The SMILES string of the molecule is CC(C)C[C@H](NC(=O)c1cc2ccccc2s1)C(=O)NC[C@@H]1CN(S(=O)(=O)c2ccc(F)cc2Cl)C[C@@H]1O. The van der Waals surface area contributed by atoms with Gasteiger partial charge in [0, 0.05) is 30.3 Å². The monoisotopic (exact) mass is 581 g/mol. The highest BCUT2D eigenvalue weighted by Gasteiger charge is 2.39. The number of carbonyl (C=O) groups excluding carboxylic acids is 2. The Labute approximate surface area is 229 Å². The zero-order valence-electron chi connectivity index (χ0n) is 20.9. The van der Waals surface area contributed by atoms with E-state index in [1.807, 2.05) is 38.1 Å². The van der Waals surface area contributed by atoms with Crippen LogP contribution >= 0.6 is 22.9 Å². The van der Waals surface area contributed by atoms with Gasteiger partial charge in [-0.05, 0) is 48.1 Å². The number of rotatable bonds is 9. The molecular weight excluding hydrogens is 553 g/mol. The molecule has 0 radical (unpaired) electrons. The van der Waals surface area contributed by atoms with E-state index in [0.717, 1.165) is 32.6 Å². The van der Waals surface area contributed by atoms with Crippen molar-refractivity contribution >= 4 is 54.9 Å². The van der Waals surface area contributed by atoms with Crippen LogP contribution in [-0.2, 0) is 14.8 Å². The largest absolute Gasteiger partial charge is 0.391 e. The molecule has 1 fully saturated rings. The standard InChI is InChI=1S/C26H29ClFN3O5S2/c1-15(2)9-20(30-26(34)23-10-16-5-3-4-6-22(16)37-23)25(33)29-12-17-13-31(14-21(17)32)38(35,36)24-8-7-18(28)11-19(24)27/h3-8,10-11,15,17,20-21,32H,9,12-14H2,1-2H3,(H,29,33)(H,30,34)/t17-,20+,21+/m1/s1. The Hall–Kier alpha value is -2.57. The Kier molecular flexibility index (Phi) is 8.73. The molecule has 1 saturated heterocycles. The molecule has 3 atom stereocenters. The number of fused-ring (bicyclic) bond motifs is 1. The molecule has 0 aliphatic carbocycles. The summed E-state index contributed by atoms with van der Waals surface area (Å²) in [4.78, 5) is 26.2. The van der Waals surface area contributed by atoms with Crippen LogP contribution in [0.25, 0.3) is 10.1 Å². The number of nitrogens with zero attached hydrogens (tertiary/aromatic N) is 1. The number of thiophene rings is 1. The second-order valence-corrected chi connectivity index (χ2v) is 13.2. The molecule has 8 nitrogen and oxygen atoms in total. The molecule has 4 rings (SSSR count). The van der Waals surface area contributed by atoms with Gasteiger partial charge in [0.05, 0.1) is 16.0 Å². The number of nitrogens with one attached hydrogen (secondary N) is 2. The molecule has 0 spiro atoms. The van der Waals surface area contributed by atoms with Gasteiger partial charge in [0.2, 0.25) is 15.9 Å². The Morgan fingerprint density at radius 2 is 1.92 bits per heavy atom. The fourth-order valence-corrected chi connectivity index (χ4v) is 7.40. The average Bonchev–Trinajstić information content (AvgIpc) is 3.45. The van der Waals surface area contributed by atoms with Gasteiger partial charge in [-0.1, -0.05) is 43.6 Å². The van der Waals surface area contributed by atoms with Crippen LogP contribution in [0.4, 0.5) is 4.39 Å². The highest BCUT2D eigenvalue weighted by atomic mass is 35.5. The molecule has 3 N–H and O–H groups in total. The molecule has 204 valence electrons. The summed E-state index contributed by atoms with van der Waals surface area (Å²) in [7, 11) is -4.07. The van der Waals surface area contributed by atoms with Crippen molar-refractivity contribution in [1.82, 2.24) is 14.9 Å². The lowest BCUT2D eigenvalue weighted by Gasteiger charge is -2.22. The third kappa shape index (κ3) is 6.35. The summed E-state index contributed by atoms with van der Waals surface area (Å²) in [6, 6.07) is 11.6. The topological polar surface area (TPSA) is 116 Å². The number of sulfonamides is 1. The van der Waals surface area contributed by atoms with Gasteiger partial charge in [-0.15, -0.1) is 11.3 Å². The van der Waals surface area contributed by atoms with Crippen molar-refractivity contribution in [1.29, 1.82) is 0 Å². The van der Waals surface area contributed by atoms with E-state index in [0.29, 0.717) is 11.3 Å². The number of β-amino-alcohol motifs (C(OH)–C–C–N with tert-alkyl or cyclic N) is 1. The second kappa shape index (κ2) is 11.7. The lowest BCUT2D eigenvalue weighted by molar-refractivity contribution is -0.123. The van der Waals surface area contributed by atoms with Crippen LogP contribution in [-0.4, -0.2) is 61.4 Å². The number of aliphatic hydroxyl groups is 1. The van der Waals surface area contributed by atoms with Crippen molar-refractivity contribution in [3.05, 3.63) is 64.2 Å². The molecular formula is C26H29ClFN3O5S2. The minimum Gasteiger partial charge on any atom is -0.391 e. The number of hydrogen-bond donors (Lipinski definition) is 3. The van der Waals surface area contributed by atoms with E-state index in [9.17, 15) is 27.5 Å². The van der Waals surface area contributed by atoms with Gasteiger partial charge in [-0.2, -0.15) is 4.31 Å². The van der Waals surface area contributed by atoms with Gasteiger partial charge >= 0.3 is 0 Å². The van der Waals surface area contributed by atoms with Crippen LogP contribution in [0.15, 0.2) is 53.4 Å². The van der Waals surface area contributed by atoms with E-state index >= 15 is 0 Å². The molecule has 2 aromatic carbocycles. The summed E-state index contributed by atoms with van der Waals surface area (Å²) in [6.45, 7) is 3.65. The van der Waals surface area contributed by atoms with Gasteiger partial charge in [0.25, 0.3) is 5.91 Å². The fourth-order valence-electron chi connectivity index (χ4n) is 4.42. The number of aliphatic hydroxyl groups excluding tert-OH is 1. The van der Waals surface area contributed by atoms with Crippen molar-refractivity contribution in [3.8, 4) is 0 Å². The predicted octanol–water partition coefficient (Wildman–Crippen LogP) is 3.64. The first-order valence-electron chi connectivity index (χ1n) is 12.2. The summed E-state index contributed by atoms with van der Waals surface area (Å²) < 4.78 is 41.5. The van der Waals surface area contributed by atoms with Crippen molar-refractivity contribution in [2.45, 2.75) is 37.3 Å². The molecule has 0 bridgehead atoms. The first kappa shape index (κ1) is 28.4. The zero-order chi connectivity index (χ0) is 27.6. The predicted molar refractivity (Wildman–Crippen MR) is 145 cm³/mol.